The summed E-state index contributed by atoms with van der Waals surface area (Å²) in [7, 11) is 0. The molecular formula is C38H31IrN3O-2. The van der Waals surface area contributed by atoms with E-state index in [9.17, 15) is 0 Å². The van der Waals surface area contributed by atoms with Crippen LogP contribution in [0.5, 0.6) is 0 Å². The van der Waals surface area contributed by atoms with Gasteiger partial charge in [0.05, 0.1) is 5.58 Å². The molecule has 0 unspecified atom stereocenters. The molecule has 0 amide bonds. The number of aryl methyl sites for hydroxylation is 2. The van der Waals surface area contributed by atoms with E-state index in [1.807, 2.05) is 67.8 Å². The van der Waals surface area contributed by atoms with Gasteiger partial charge in [0, 0.05) is 43.6 Å². The van der Waals surface area contributed by atoms with Gasteiger partial charge in [-0.3, -0.25) is 0 Å². The van der Waals surface area contributed by atoms with E-state index in [1.54, 1.807) is 0 Å². The first-order valence-corrected chi connectivity index (χ1v) is 14.1. The number of furan rings is 1. The standard InChI is InChI=1S/C20H17N2O.C18H14N.Ir/c1-12(2)14-9-10-21-18(11-14)17-6-4-5-15-16-8-7-13(3)22-20(16)23-19(15)17;1-14-13-19-18(16-10-6-3-7-11-16)12-17(14)15-8-4-2-5-9-15;/h4-5,7-12H,1-3H3;2-10,12-13H,1H3;/q2*-1;. The Bertz CT molecular complexity index is 1980. The van der Waals surface area contributed by atoms with Gasteiger partial charge in [0.2, 0.25) is 5.71 Å². The summed E-state index contributed by atoms with van der Waals surface area (Å²) in [4.78, 5) is 13.5. The number of hydrogen-bond acceptors (Lipinski definition) is 4. The molecule has 0 spiro atoms. The molecule has 4 heterocycles. The first-order chi connectivity index (χ1) is 20.5. The van der Waals surface area contributed by atoms with Crippen molar-refractivity contribution < 1.29 is 24.5 Å². The van der Waals surface area contributed by atoms with Gasteiger partial charge >= 0.3 is 0 Å². The predicted octanol–water partition coefficient (Wildman–Crippen LogP) is 9.80. The van der Waals surface area contributed by atoms with E-state index in [-0.39, 0.29) is 20.1 Å². The van der Waals surface area contributed by atoms with Crippen molar-refractivity contribution in [3.63, 3.8) is 0 Å². The van der Waals surface area contributed by atoms with Crippen LogP contribution >= 0.6 is 0 Å². The Morgan fingerprint density at radius 1 is 0.744 bits per heavy atom. The zero-order valence-corrected chi connectivity index (χ0v) is 26.9. The Balaban J connectivity index is 0.000000170. The second-order valence-electron chi connectivity index (χ2n) is 10.7. The van der Waals surface area contributed by atoms with Gasteiger partial charge in [0.15, 0.2) is 0 Å². The van der Waals surface area contributed by atoms with Gasteiger partial charge in [0.25, 0.3) is 0 Å². The fourth-order valence-electron chi connectivity index (χ4n) is 5.00. The molecule has 0 saturated carbocycles. The van der Waals surface area contributed by atoms with E-state index < -0.39 is 0 Å². The Kier molecular flexibility index (Phi) is 9.25. The first kappa shape index (κ1) is 30.0. The average Bonchev–Trinajstić information content (AvgIpc) is 3.40. The average molecular weight is 738 g/mol. The van der Waals surface area contributed by atoms with Crippen LogP contribution in [0.25, 0.3) is 55.7 Å². The van der Waals surface area contributed by atoms with Gasteiger partial charge in [-0.25, -0.2) is 4.98 Å². The maximum Gasteiger partial charge on any atom is 0.216 e. The quantitative estimate of drug-likeness (QED) is 0.169. The van der Waals surface area contributed by atoms with E-state index in [4.69, 9.17) is 4.42 Å². The molecule has 0 N–H and O–H groups in total. The molecule has 0 bridgehead atoms. The molecule has 0 saturated heterocycles. The molecule has 7 aromatic rings. The molecule has 43 heavy (non-hydrogen) atoms. The fourth-order valence-corrected chi connectivity index (χ4v) is 5.00. The molecule has 215 valence electrons. The summed E-state index contributed by atoms with van der Waals surface area (Å²) in [6.07, 6.45) is 3.78. The van der Waals surface area contributed by atoms with Crippen molar-refractivity contribution in [2.24, 2.45) is 0 Å². The van der Waals surface area contributed by atoms with E-state index in [0.717, 1.165) is 44.6 Å². The van der Waals surface area contributed by atoms with Crippen LogP contribution in [-0.2, 0) is 20.1 Å². The van der Waals surface area contributed by atoms with Gasteiger partial charge < -0.3 is 14.4 Å². The van der Waals surface area contributed by atoms with Crippen molar-refractivity contribution in [1.29, 1.82) is 0 Å². The monoisotopic (exact) mass is 738 g/mol. The van der Waals surface area contributed by atoms with Gasteiger partial charge in [-0.1, -0.05) is 72.8 Å². The summed E-state index contributed by atoms with van der Waals surface area (Å²) in [6, 6.07) is 39.2. The summed E-state index contributed by atoms with van der Waals surface area (Å²) in [5.74, 6) is 0.455. The number of fused-ring (bicyclic) bond motifs is 3. The number of nitrogens with zero attached hydrogens (tertiary/aromatic N) is 3. The molecule has 0 aliphatic rings. The predicted molar refractivity (Wildman–Crippen MR) is 171 cm³/mol. The van der Waals surface area contributed by atoms with Gasteiger partial charge in [0.1, 0.15) is 0 Å². The van der Waals surface area contributed by atoms with E-state index in [1.165, 1.54) is 22.3 Å². The van der Waals surface area contributed by atoms with Crippen molar-refractivity contribution in [3.8, 4) is 33.6 Å². The molecular weight excluding hydrogens is 707 g/mol. The molecule has 0 aliphatic heterocycles. The number of rotatable bonds is 4. The third kappa shape index (κ3) is 6.49. The Labute approximate surface area is 266 Å². The third-order valence-corrected chi connectivity index (χ3v) is 7.32. The van der Waals surface area contributed by atoms with Gasteiger partial charge in [-0.2, -0.15) is 0 Å². The van der Waals surface area contributed by atoms with Crippen LogP contribution in [0.1, 0.15) is 36.6 Å². The van der Waals surface area contributed by atoms with E-state index >= 15 is 0 Å². The fraction of sp³-hybridized carbons (Fsp3) is 0.132. The Hall–Kier alpha value is -4.44. The molecule has 0 atom stereocenters. The Morgan fingerprint density at radius 2 is 1.56 bits per heavy atom. The number of pyridine rings is 3. The van der Waals surface area contributed by atoms with Crippen LogP contribution < -0.4 is 0 Å². The maximum atomic E-state index is 6.04. The SMILES string of the molecule is Cc1ccc2c(n1)oc1c(-c3cc(C(C)C)ccn3)[c-]ccc12.Cc1cnc(-c2[c-]cccc2)cc1-c1ccccc1.[Ir]. The molecule has 7 rings (SSSR count). The zero-order chi connectivity index (χ0) is 29.1. The van der Waals surface area contributed by atoms with Crippen molar-refractivity contribution in [2.45, 2.75) is 33.6 Å². The number of hydrogen-bond donors (Lipinski definition) is 0. The molecule has 0 fully saturated rings. The summed E-state index contributed by atoms with van der Waals surface area (Å²) < 4.78 is 6.04. The molecule has 4 nitrogen and oxygen atoms in total. The van der Waals surface area contributed by atoms with Gasteiger partial charge in [-0.05, 0) is 66.0 Å². The summed E-state index contributed by atoms with van der Waals surface area (Å²) in [6.45, 7) is 8.41. The first-order valence-electron chi connectivity index (χ1n) is 14.1. The zero-order valence-electron chi connectivity index (χ0n) is 24.6. The third-order valence-electron chi connectivity index (χ3n) is 7.32. The molecule has 1 radical (unpaired) electrons. The van der Waals surface area contributed by atoms with E-state index in [2.05, 4.69) is 96.4 Å². The van der Waals surface area contributed by atoms with Crippen molar-refractivity contribution >= 4 is 22.1 Å². The van der Waals surface area contributed by atoms with Crippen molar-refractivity contribution in [3.05, 3.63) is 138 Å². The maximum absolute atomic E-state index is 6.04. The van der Waals surface area contributed by atoms with Crippen LogP contribution in [0.3, 0.4) is 0 Å². The van der Waals surface area contributed by atoms with Crippen LogP contribution in [-0.4, -0.2) is 15.0 Å². The molecule has 5 heteroatoms. The van der Waals surface area contributed by atoms with E-state index in [0.29, 0.717) is 11.6 Å². The number of aromatic nitrogens is 3. The van der Waals surface area contributed by atoms with Crippen LogP contribution in [0.4, 0.5) is 0 Å². The van der Waals surface area contributed by atoms with Gasteiger partial charge in [-0.15, -0.1) is 54.1 Å². The number of benzene rings is 3. The Morgan fingerprint density at radius 3 is 2.33 bits per heavy atom. The summed E-state index contributed by atoms with van der Waals surface area (Å²) in [5, 5.41) is 2.08. The smallest absolute Gasteiger partial charge is 0.216 e. The second-order valence-corrected chi connectivity index (χ2v) is 10.7. The minimum absolute atomic E-state index is 0. The summed E-state index contributed by atoms with van der Waals surface area (Å²) in [5.41, 5.74) is 11.1. The molecule has 3 aromatic carbocycles. The minimum Gasteiger partial charge on any atom is -0.486 e. The second kappa shape index (κ2) is 13.2. The molecule has 4 aromatic heterocycles. The van der Waals surface area contributed by atoms with Crippen LogP contribution in [0.2, 0.25) is 0 Å². The topological polar surface area (TPSA) is 51.8 Å². The molecule has 0 aliphatic carbocycles. The van der Waals surface area contributed by atoms with Crippen molar-refractivity contribution in [2.75, 3.05) is 0 Å². The van der Waals surface area contributed by atoms with Crippen LogP contribution in [0.15, 0.2) is 114 Å². The largest absolute Gasteiger partial charge is 0.486 e. The van der Waals surface area contributed by atoms with Crippen molar-refractivity contribution in [1.82, 2.24) is 15.0 Å². The van der Waals surface area contributed by atoms with Crippen LogP contribution in [0, 0.1) is 26.0 Å². The normalized spacial score (nSPS) is 10.8. The summed E-state index contributed by atoms with van der Waals surface area (Å²) >= 11 is 0. The minimum atomic E-state index is 0.